The maximum absolute atomic E-state index is 12.1. The first-order valence-corrected chi connectivity index (χ1v) is 6.24. The maximum Gasteiger partial charge on any atom is 0.492 e. The molecular weight excluding hydrogens is 265 g/mol. The van der Waals surface area contributed by atoms with E-state index in [1.54, 1.807) is 0 Å². The number of hydrogen-bond acceptors (Lipinski definition) is 4. The topological polar surface area (TPSA) is 58.6 Å². The van der Waals surface area contributed by atoms with E-state index in [2.05, 4.69) is 10.2 Å². The quantitative estimate of drug-likeness (QED) is 0.842. The molecule has 0 aromatic heterocycles. The number of halogens is 3. The lowest BCUT2D eigenvalue weighted by Gasteiger charge is -2.29. The predicted octanol–water partition coefficient (Wildman–Crippen LogP) is 1.14. The van der Waals surface area contributed by atoms with Gasteiger partial charge in [-0.3, -0.25) is 4.79 Å². The van der Waals surface area contributed by atoms with Crippen molar-refractivity contribution >= 4 is 11.9 Å². The number of nitrogens with zero attached hydrogens (tertiary/aromatic N) is 1. The molecule has 5 nitrogen and oxygen atoms in total. The zero-order chi connectivity index (χ0) is 14.0. The van der Waals surface area contributed by atoms with Crippen molar-refractivity contribution in [3.05, 3.63) is 0 Å². The first-order valence-electron chi connectivity index (χ1n) is 6.24. The monoisotopic (exact) mass is 280 g/mol. The summed E-state index contributed by atoms with van der Waals surface area (Å²) in [7, 11) is 0. The second-order valence-electron chi connectivity index (χ2n) is 4.81. The molecule has 1 heterocycles. The Morgan fingerprint density at radius 2 is 1.84 bits per heavy atom. The molecule has 8 heteroatoms. The van der Waals surface area contributed by atoms with Crippen LogP contribution in [0.25, 0.3) is 0 Å². The highest BCUT2D eigenvalue weighted by Gasteiger charge is 2.45. The van der Waals surface area contributed by atoms with Crippen LogP contribution in [0, 0.1) is 0 Å². The lowest BCUT2D eigenvalue weighted by Crippen LogP contribution is -2.50. The predicted molar refractivity (Wildman–Crippen MR) is 57.7 cm³/mol. The van der Waals surface area contributed by atoms with Crippen LogP contribution in [0.1, 0.15) is 32.1 Å². The summed E-state index contributed by atoms with van der Waals surface area (Å²) in [5.74, 6) is -2.65. The summed E-state index contributed by atoms with van der Waals surface area (Å²) < 4.78 is 36.3. The van der Waals surface area contributed by atoms with Gasteiger partial charge >= 0.3 is 12.1 Å². The summed E-state index contributed by atoms with van der Waals surface area (Å²) in [6.45, 7) is 0.143. The van der Waals surface area contributed by atoms with Gasteiger partial charge in [0.2, 0.25) is 5.91 Å². The zero-order valence-corrected chi connectivity index (χ0v) is 10.2. The fraction of sp³-hybridized carbons (Fsp3) is 0.818. The number of hydrogen-bond donors (Lipinski definition) is 1. The third-order valence-corrected chi connectivity index (χ3v) is 3.39. The van der Waals surface area contributed by atoms with Crippen LogP contribution in [0.4, 0.5) is 13.2 Å². The molecule has 1 aliphatic heterocycles. The molecule has 1 atom stereocenters. The molecule has 2 fully saturated rings. The van der Waals surface area contributed by atoms with Gasteiger partial charge in [-0.05, 0) is 32.1 Å². The summed E-state index contributed by atoms with van der Waals surface area (Å²) in [6, 6.07) is -0.708. The maximum atomic E-state index is 12.1. The zero-order valence-electron chi connectivity index (χ0n) is 10.2. The Morgan fingerprint density at radius 3 is 2.37 bits per heavy atom. The molecule has 1 N–H and O–H groups in total. The van der Waals surface area contributed by atoms with Gasteiger partial charge in [0.15, 0.2) is 0 Å². The Labute approximate surface area is 108 Å². The Bertz CT molecular complexity index is 369. The SMILES string of the molecule is O=C(NC1CCC1)[C@@H]1CCCN1OC(=O)C(F)(F)F. The van der Waals surface area contributed by atoms with Gasteiger partial charge < -0.3 is 10.2 Å². The van der Waals surface area contributed by atoms with E-state index in [4.69, 9.17) is 0 Å². The van der Waals surface area contributed by atoms with E-state index in [1.807, 2.05) is 0 Å². The summed E-state index contributed by atoms with van der Waals surface area (Å²) in [6.07, 6.45) is -1.31. The smallest absolute Gasteiger partial charge is 0.360 e. The van der Waals surface area contributed by atoms with Crippen LogP contribution in [0.2, 0.25) is 0 Å². The van der Waals surface area contributed by atoms with Crippen molar-refractivity contribution in [2.75, 3.05) is 6.54 Å². The van der Waals surface area contributed by atoms with Crippen LogP contribution in [0.3, 0.4) is 0 Å². The molecular formula is C11H15F3N2O3. The van der Waals surface area contributed by atoms with Crippen molar-refractivity contribution in [3.8, 4) is 0 Å². The van der Waals surface area contributed by atoms with E-state index in [9.17, 15) is 22.8 Å². The average Bonchev–Trinajstić information content (AvgIpc) is 2.70. The third kappa shape index (κ3) is 3.37. The number of nitrogens with one attached hydrogen (secondary N) is 1. The number of amides is 1. The molecule has 1 saturated carbocycles. The van der Waals surface area contributed by atoms with Gasteiger partial charge in [-0.1, -0.05) is 0 Å². The van der Waals surface area contributed by atoms with Crippen LogP contribution in [0.5, 0.6) is 0 Å². The Balaban J connectivity index is 1.89. The van der Waals surface area contributed by atoms with Gasteiger partial charge in [0, 0.05) is 12.6 Å². The van der Waals surface area contributed by atoms with E-state index >= 15 is 0 Å². The molecule has 1 amide bonds. The molecule has 0 aromatic rings. The summed E-state index contributed by atoms with van der Waals surface area (Å²) in [5.41, 5.74) is 0. The third-order valence-electron chi connectivity index (χ3n) is 3.39. The molecule has 0 bridgehead atoms. The lowest BCUT2D eigenvalue weighted by molar-refractivity contribution is -0.240. The summed E-state index contributed by atoms with van der Waals surface area (Å²) in [4.78, 5) is 26.9. The Hall–Kier alpha value is -1.31. The molecule has 0 aromatic carbocycles. The molecule has 108 valence electrons. The molecule has 1 aliphatic carbocycles. The fourth-order valence-corrected chi connectivity index (χ4v) is 2.12. The van der Waals surface area contributed by atoms with E-state index in [0.29, 0.717) is 12.8 Å². The van der Waals surface area contributed by atoms with Crippen molar-refractivity contribution in [2.24, 2.45) is 0 Å². The van der Waals surface area contributed by atoms with Gasteiger partial charge in [0.05, 0.1) is 0 Å². The van der Waals surface area contributed by atoms with Crippen molar-refractivity contribution in [2.45, 2.75) is 50.4 Å². The standard InChI is InChI=1S/C11H15F3N2O3/c12-11(13,14)10(18)19-16-6-2-5-8(16)9(17)15-7-3-1-4-7/h7-8H,1-6H2,(H,15,17)/t8-/m0/s1. The Kier molecular flexibility index (Phi) is 3.98. The molecule has 2 rings (SSSR count). The molecule has 1 saturated heterocycles. The summed E-state index contributed by atoms with van der Waals surface area (Å²) >= 11 is 0. The number of carbonyl (C=O) groups is 2. The minimum absolute atomic E-state index is 0.105. The number of rotatable bonds is 3. The minimum Gasteiger partial charge on any atom is -0.360 e. The van der Waals surface area contributed by atoms with Crippen LogP contribution >= 0.6 is 0 Å². The van der Waals surface area contributed by atoms with E-state index in [-0.39, 0.29) is 18.5 Å². The lowest BCUT2D eigenvalue weighted by atomic mass is 9.93. The molecule has 0 spiro atoms. The average molecular weight is 280 g/mol. The van der Waals surface area contributed by atoms with Gasteiger partial charge in [-0.2, -0.15) is 13.2 Å². The number of hydroxylamine groups is 2. The normalized spacial score (nSPS) is 24.9. The Morgan fingerprint density at radius 1 is 1.16 bits per heavy atom. The first-order chi connectivity index (χ1) is 8.88. The van der Waals surface area contributed by atoms with Crippen LogP contribution in [-0.2, 0) is 14.4 Å². The highest BCUT2D eigenvalue weighted by molar-refractivity contribution is 5.82. The highest BCUT2D eigenvalue weighted by Crippen LogP contribution is 2.24. The highest BCUT2D eigenvalue weighted by atomic mass is 19.4. The second kappa shape index (κ2) is 5.36. The second-order valence-corrected chi connectivity index (χ2v) is 4.81. The summed E-state index contributed by atoms with van der Waals surface area (Å²) in [5, 5.41) is 3.58. The van der Waals surface area contributed by atoms with Crippen LogP contribution in [0.15, 0.2) is 0 Å². The van der Waals surface area contributed by atoms with Crippen molar-refractivity contribution in [1.82, 2.24) is 10.4 Å². The fourth-order valence-electron chi connectivity index (χ4n) is 2.12. The van der Waals surface area contributed by atoms with Crippen molar-refractivity contribution < 1.29 is 27.6 Å². The molecule has 0 unspecified atom stereocenters. The largest absolute Gasteiger partial charge is 0.492 e. The van der Waals surface area contributed by atoms with Crippen LogP contribution in [-0.4, -0.2) is 41.7 Å². The number of alkyl halides is 3. The van der Waals surface area contributed by atoms with Gasteiger partial charge in [-0.15, -0.1) is 5.06 Å². The van der Waals surface area contributed by atoms with E-state index in [0.717, 1.165) is 24.3 Å². The van der Waals surface area contributed by atoms with Crippen molar-refractivity contribution in [1.29, 1.82) is 0 Å². The van der Waals surface area contributed by atoms with Gasteiger partial charge in [0.1, 0.15) is 6.04 Å². The van der Waals surface area contributed by atoms with Crippen LogP contribution < -0.4 is 5.32 Å². The first kappa shape index (κ1) is 14.1. The molecule has 2 aliphatic rings. The van der Waals surface area contributed by atoms with Gasteiger partial charge in [0.25, 0.3) is 0 Å². The van der Waals surface area contributed by atoms with Crippen molar-refractivity contribution in [3.63, 3.8) is 0 Å². The molecule has 0 radical (unpaired) electrons. The molecule has 19 heavy (non-hydrogen) atoms. The minimum atomic E-state index is -5.04. The number of carbonyl (C=O) groups excluding carboxylic acids is 2. The van der Waals surface area contributed by atoms with E-state index < -0.39 is 18.2 Å². The van der Waals surface area contributed by atoms with Gasteiger partial charge in [-0.25, -0.2) is 4.79 Å². The van der Waals surface area contributed by atoms with E-state index in [1.165, 1.54) is 0 Å².